The zero-order valence-corrected chi connectivity index (χ0v) is 12.4. The maximum Gasteiger partial charge on any atom is 0.115 e. The van der Waals surface area contributed by atoms with Gasteiger partial charge in [0.25, 0.3) is 0 Å². The summed E-state index contributed by atoms with van der Waals surface area (Å²) in [5.74, 6) is 0.421. The Hall–Kier alpha value is -1.54. The van der Waals surface area contributed by atoms with Crippen molar-refractivity contribution in [3.63, 3.8) is 0 Å². The fourth-order valence-corrected chi connectivity index (χ4v) is 1.79. The van der Waals surface area contributed by atoms with Gasteiger partial charge in [-0.3, -0.25) is 0 Å². The van der Waals surface area contributed by atoms with E-state index in [-0.39, 0.29) is 17.8 Å². The number of hydrogen-bond acceptors (Lipinski definition) is 3. The number of phenolic OH excluding ortho intramolecular Hbond substituents is 1. The molecule has 0 bridgehead atoms. The van der Waals surface area contributed by atoms with Crippen molar-refractivity contribution in [3.8, 4) is 5.75 Å². The van der Waals surface area contributed by atoms with Crippen LogP contribution in [0.2, 0.25) is 0 Å². The minimum absolute atomic E-state index is 0.190. The quantitative estimate of drug-likeness (QED) is 0.698. The van der Waals surface area contributed by atoms with Crippen molar-refractivity contribution in [2.45, 2.75) is 45.8 Å². The highest BCUT2D eigenvalue weighted by Gasteiger charge is 2.09. The van der Waals surface area contributed by atoms with Gasteiger partial charge in [-0.15, -0.1) is 5.73 Å². The third kappa shape index (κ3) is 5.62. The van der Waals surface area contributed by atoms with Gasteiger partial charge in [-0.25, -0.2) is 0 Å². The number of hydrogen-bond donors (Lipinski definition) is 3. The lowest BCUT2D eigenvalue weighted by Gasteiger charge is -2.13. The zero-order chi connectivity index (χ0) is 15.1. The molecule has 0 heterocycles. The average molecular weight is 276 g/mol. The first kappa shape index (κ1) is 16.5. The molecule has 1 rings (SSSR count). The molecule has 3 heteroatoms. The summed E-state index contributed by atoms with van der Waals surface area (Å²) >= 11 is 0. The Morgan fingerprint density at radius 1 is 1.20 bits per heavy atom. The summed E-state index contributed by atoms with van der Waals surface area (Å²) in [6, 6.07) is 6.52. The lowest BCUT2D eigenvalue weighted by molar-refractivity contribution is 0.125. The van der Waals surface area contributed by atoms with Crippen LogP contribution in [-0.4, -0.2) is 21.4 Å². The maximum atomic E-state index is 9.98. The van der Waals surface area contributed by atoms with E-state index in [1.54, 1.807) is 30.3 Å². The van der Waals surface area contributed by atoms with Crippen LogP contribution in [0, 0.1) is 5.92 Å². The molecule has 0 aliphatic heterocycles. The summed E-state index contributed by atoms with van der Waals surface area (Å²) < 4.78 is 0. The Morgan fingerprint density at radius 2 is 1.80 bits per heavy atom. The highest BCUT2D eigenvalue weighted by atomic mass is 16.3. The smallest absolute Gasteiger partial charge is 0.115 e. The molecule has 3 nitrogen and oxygen atoms in total. The summed E-state index contributed by atoms with van der Waals surface area (Å²) in [7, 11) is 0. The van der Waals surface area contributed by atoms with Crippen molar-refractivity contribution in [1.82, 2.24) is 0 Å². The van der Waals surface area contributed by atoms with Gasteiger partial charge < -0.3 is 15.3 Å². The molecular formula is C17H24O3. The number of aliphatic hydroxyl groups excluding tert-OH is 2. The Kier molecular flexibility index (Phi) is 6.53. The molecule has 3 N–H and O–H groups in total. The van der Waals surface area contributed by atoms with Gasteiger partial charge >= 0.3 is 0 Å². The number of aromatic hydroxyl groups is 1. The SMILES string of the molecule is CC(=C=CC[C@@H](O)c1ccc(O)cc1)C[C@@H](O)C(C)C. The molecule has 1 aromatic rings. The topological polar surface area (TPSA) is 60.7 Å². The normalized spacial score (nSPS) is 13.7. The fourth-order valence-electron chi connectivity index (χ4n) is 1.79. The predicted octanol–water partition coefficient (Wildman–Crippen LogP) is 3.32. The Bertz CT molecular complexity index is 468. The minimum atomic E-state index is -0.606. The molecule has 110 valence electrons. The standard InChI is InChI=1S/C17H24O3/c1-12(2)17(20)11-13(3)5-4-6-16(19)14-7-9-15(18)10-8-14/h4,7-10,12,16-20H,6,11H2,1-3H3/t5?,16-,17-/m1/s1. The fraction of sp³-hybridized carbons (Fsp3) is 0.471. The van der Waals surface area contributed by atoms with E-state index in [0.29, 0.717) is 12.8 Å². The molecule has 0 unspecified atom stereocenters. The number of rotatable bonds is 6. The maximum absolute atomic E-state index is 9.98. The average Bonchev–Trinajstić information content (AvgIpc) is 2.39. The van der Waals surface area contributed by atoms with Crippen LogP contribution in [0.1, 0.15) is 45.3 Å². The van der Waals surface area contributed by atoms with Crippen molar-refractivity contribution in [3.05, 3.63) is 47.2 Å². The second-order valence-electron chi connectivity index (χ2n) is 5.49. The van der Waals surface area contributed by atoms with E-state index in [9.17, 15) is 15.3 Å². The van der Waals surface area contributed by atoms with Crippen molar-refractivity contribution in [2.75, 3.05) is 0 Å². The lowest BCUT2D eigenvalue weighted by Crippen LogP contribution is -2.14. The second kappa shape index (κ2) is 7.91. The van der Waals surface area contributed by atoms with Gasteiger partial charge in [0.2, 0.25) is 0 Å². The van der Waals surface area contributed by atoms with Crippen LogP contribution in [0.3, 0.4) is 0 Å². The molecule has 20 heavy (non-hydrogen) atoms. The van der Waals surface area contributed by atoms with Crippen LogP contribution in [0.4, 0.5) is 0 Å². The number of benzene rings is 1. The zero-order valence-electron chi connectivity index (χ0n) is 12.4. The highest BCUT2D eigenvalue weighted by molar-refractivity contribution is 5.27. The van der Waals surface area contributed by atoms with Crippen LogP contribution < -0.4 is 0 Å². The van der Waals surface area contributed by atoms with E-state index in [0.717, 1.165) is 11.1 Å². The Morgan fingerprint density at radius 3 is 2.35 bits per heavy atom. The van der Waals surface area contributed by atoms with E-state index in [4.69, 9.17) is 0 Å². The van der Waals surface area contributed by atoms with E-state index in [1.165, 1.54) is 0 Å². The summed E-state index contributed by atoms with van der Waals surface area (Å²) in [6.45, 7) is 5.89. The molecule has 0 saturated carbocycles. The first-order valence-corrected chi connectivity index (χ1v) is 6.96. The first-order chi connectivity index (χ1) is 9.40. The largest absolute Gasteiger partial charge is 0.508 e. The van der Waals surface area contributed by atoms with Crippen LogP contribution in [-0.2, 0) is 0 Å². The van der Waals surface area contributed by atoms with E-state index in [1.807, 2.05) is 20.8 Å². The van der Waals surface area contributed by atoms with Crippen molar-refractivity contribution >= 4 is 0 Å². The van der Waals surface area contributed by atoms with E-state index in [2.05, 4.69) is 5.73 Å². The van der Waals surface area contributed by atoms with Crippen molar-refractivity contribution in [1.29, 1.82) is 0 Å². The molecule has 0 aliphatic carbocycles. The Balaban J connectivity index is 2.56. The van der Waals surface area contributed by atoms with Crippen molar-refractivity contribution in [2.24, 2.45) is 5.92 Å². The van der Waals surface area contributed by atoms with Crippen LogP contribution in [0.25, 0.3) is 0 Å². The second-order valence-corrected chi connectivity index (χ2v) is 5.49. The summed E-state index contributed by atoms with van der Waals surface area (Å²) in [5, 5.41) is 28.9. The van der Waals surface area contributed by atoms with Gasteiger partial charge in [0, 0.05) is 12.8 Å². The highest BCUT2D eigenvalue weighted by Crippen LogP contribution is 2.19. The summed E-state index contributed by atoms with van der Waals surface area (Å²) in [5.41, 5.74) is 4.84. The molecular weight excluding hydrogens is 252 g/mol. The Labute approximate surface area is 120 Å². The molecule has 0 radical (unpaired) electrons. The van der Waals surface area contributed by atoms with Gasteiger partial charge in [-0.2, -0.15) is 0 Å². The molecule has 0 aliphatic rings. The molecule has 0 fully saturated rings. The van der Waals surface area contributed by atoms with Gasteiger partial charge in [0.1, 0.15) is 5.75 Å². The number of phenols is 1. The minimum Gasteiger partial charge on any atom is -0.508 e. The van der Waals surface area contributed by atoms with Crippen LogP contribution in [0.5, 0.6) is 5.75 Å². The van der Waals surface area contributed by atoms with Gasteiger partial charge in [-0.05, 0) is 42.2 Å². The predicted molar refractivity (Wildman–Crippen MR) is 80.4 cm³/mol. The van der Waals surface area contributed by atoms with Gasteiger partial charge in [0.05, 0.1) is 12.2 Å². The van der Waals surface area contributed by atoms with Gasteiger partial charge in [-0.1, -0.05) is 26.0 Å². The molecule has 2 atom stereocenters. The molecule has 1 aromatic carbocycles. The summed E-state index contributed by atoms with van der Waals surface area (Å²) in [6.07, 6.45) is 1.90. The van der Waals surface area contributed by atoms with Crippen LogP contribution in [0.15, 0.2) is 41.6 Å². The first-order valence-electron chi connectivity index (χ1n) is 6.96. The lowest BCUT2D eigenvalue weighted by atomic mass is 10.0. The number of aliphatic hydroxyl groups is 2. The monoisotopic (exact) mass is 276 g/mol. The van der Waals surface area contributed by atoms with Gasteiger partial charge in [0.15, 0.2) is 0 Å². The third-order valence-electron chi connectivity index (χ3n) is 3.25. The van der Waals surface area contributed by atoms with Crippen molar-refractivity contribution < 1.29 is 15.3 Å². The summed E-state index contributed by atoms with van der Waals surface area (Å²) in [4.78, 5) is 0. The van der Waals surface area contributed by atoms with E-state index >= 15 is 0 Å². The molecule has 0 aromatic heterocycles. The molecule has 0 saturated heterocycles. The third-order valence-corrected chi connectivity index (χ3v) is 3.25. The van der Waals surface area contributed by atoms with Crippen LogP contribution >= 0.6 is 0 Å². The molecule has 0 amide bonds. The van der Waals surface area contributed by atoms with E-state index < -0.39 is 6.10 Å². The molecule has 0 spiro atoms.